The Morgan fingerprint density at radius 2 is 1.67 bits per heavy atom. The van der Waals surface area contributed by atoms with Gasteiger partial charge < -0.3 is 0 Å². The minimum atomic E-state index is 1.23. The topological polar surface area (TPSA) is 0 Å². The highest BCUT2D eigenvalue weighted by molar-refractivity contribution is 6.85. The van der Waals surface area contributed by atoms with Crippen LogP contribution in [0.15, 0.2) is 30.3 Å². The van der Waals surface area contributed by atoms with Crippen molar-refractivity contribution in [1.82, 2.24) is 0 Å². The van der Waals surface area contributed by atoms with Crippen LogP contribution in [-0.4, -0.2) is 0 Å². The number of benzene rings is 1. The van der Waals surface area contributed by atoms with E-state index in [1.165, 1.54) is 24.8 Å². The van der Waals surface area contributed by atoms with Crippen molar-refractivity contribution in [2.75, 3.05) is 0 Å². The molecule has 0 fully saturated rings. The fraction of sp³-hybridized carbons (Fsp3) is 0.400. The number of rotatable bonds is 3. The molecule has 68 valence electrons. The lowest BCUT2D eigenvalue weighted by Crippen LogP contribution is -1.81. The van der Waals surface area contributed by atoms with Crippen LogP contribution < -0.4 is 0 Å². The molecule has 0 radical (unpaired) electrons. The van der Waals surface area contributed by atoms with Crippen LogP contribution in [0.3, 0.4) is 0 Å². The molecule has 0 saturated heterocycles. The van der Waals surface area contributed by atoms with Gasteiger partial charge in [-0.3, -0.25) is 0 Å². The maximum Gasteiger partial charge on any atom is 0 e. The predicted molar refractivity (Wildman–Crippen MR) is 56.8 cm³/mol. The molecular weight excluding hydrogens is 191 g/mol. The fourth-order valence-corrected chi connectivity index (χ4v) is 1.03. The molecule has 0 aromatic heterocycles. The zero-order valence-electron chi connectivity index (χ0n) is 7.26. The van der Waals surface area contributed by atoms with E-state index in [4.69, 9.17) is 0 Å². The summed E-state index contributed by atoms with van der Waals surface area (Å²) in [5, 5.41) is 0. The van der Waals surface area contributed by atoms with Crippen molar-refractivity contribution in [3.05, 3.63) is 35.9 Å². The Balaban J connectivity index is 0.000000561. The van der Waals surface area contributed by atoms with Gasteiger partial charge in [-0.05, 0) is 18.4 Å². The summed E-state index contributed by atoms with van der Waals surface area (Å²) in [5.41, 5.74) is 1.46. The number of aryl methyl sites for hydroxylation is 1. The van der Waals surface area contributed by atoms with E-state index in [1.807, 2.05) is 0 Å². The monoisotopic (exact) mass is 204 g/mol. The molecule has 1 rings (SSSR count). The van der Waals surface area contributed by atoms with E-state index in [2.05, 4.69) is 59.0 Å². The first-order chi connectivity index (χ1) is 5.93. The van der Waals surface area contributed by atoms with E-state index in [-0.39, 0.29) is 0 Å². The van der Waals surface area contributed by atoms with E-state index in [9.17, 15) is 0 Å². The summed E-state index contributed by atoms with van der Waals surface area (Å²) in [5.74, 6) is 0. The van der Waals surface area contributed by atoms with Crippen molar-refractivity contribution in [2.45, 2.75) is 26.2 Å². The number of hydrogen-bond acceptors (Lipinski definition) is 0. The van der Waals surface area contributed by atoms with Gasteiger partial charge in [0, 0.05) is 21.7 Å². The van der Waals surface area contributed by atoms with Crippen LogP contribution in [0.5, 0.6) is 0 Å². The zero-order valence-corrected chi connectivity index (χ0v) is 8.78. The van der Waals surface area contributed by atoms with E-state index < -0.39 is 0 Å². The molecule has 0 spiro atoms. The number of hydrogen-bond donors (Lipinski definition) is 0. The van der Waals surface area contributed by atoms with Gasteiger partial charge in [-0.25, -0.2) is 0 Å². The molecular formula is C10H14Cl2. The first-order valence-corrected chi connectivity index (χ1v) is 5.26. The lowest BCUT2D eigenvalue weighted by atomic mass is 10.1. The SMILES string of the molecule is CCCCc1ccccc1.ClCl. The summed E-state index contributed by atoms with van der Waals surface area (Å²) in [4.78, 5) is 0. The minimum Gasteiger partial charge on any atom is -0.0654 e. The van der Waals surface area contributed by atoms with Crippen LogP contribution in [-0.2, 0) is 6.42 Å². The Labute approximate surface area is 84.1 Å². The van der Waals surface area contributed by atoms with Crippen molar-refractivity contribution in [3.63, 3.8) is 0 Å². The molecule has 1 aromatic rings. The second-order valence-corrected chi connectivity index (χ2v) is 2.59. The van der Waals surface area contributed by atoms with Crippen LogP contribution >= 0.6 is 21.7 Å². The molecule has 0 saturated carbocycles. The lowest BCUT2D eigenvalue weighted by molar-refractivity contribution is 0.795. The zero-order chi connectivity index (χ0) is 9.23. The molecule has 0 N–H and O–H groups in total. The normalized spacial score (nSPS) is 8.58. The average Bonchev–Trinajstić information content (AvgIpc) is 2.19. The molecule has 0 bridgehead atoms. The Morgan fingerprint density at radius 3 is 2.17 bits per heavy atom. The summed E-state index contributed by atoms with van der Waals surface area (Å²) in [6.07, 6.45) is 3.83. The lowest BCUT2D eigenvalue weighted by Gasteiger charge is -1.96. The highest BCUT2D eigenvalue weighted by Crippen LogP contribution is 2.03. The Kier molecular flexibility index (Phi) is 8.74. The molecule has 0 unspecified atom stereocenters. The first-order valence-electron chi connectivity index (χ1n) is 4.11. The molecule has 2 heteroatoms. The third-order valence-corrected chi connectivity index (χ3v) is 1.66. The van der Waals surface area contributed by atoms with Crippen LogP contribution in [0, 0.1) is 0 Å². The standard InChI is InChI=1S/C10H14.Cl2/c1-2-3-7-10-8-5-4-6-9-10;1-2/h4-6,8-9H,2-3,7H2,1H3;. The second-order valence-electron chi connectivity index (χ2n) is 2.59. The quantitative estimate of drug-likeness (QED) is 0.685. The Hall–Kier alpha value is -0.200. The highest BCUT2D eigenvalue weighted by atomic mass is 36.5. The maximum atomic E-state index is 4.11. The van der Waals surface area contributed by atoms with Gasteiger partial charge in [0.2, 0.25) is 0 Å². The largest absolute Gasteiger partial charge is 0.0654 e. The Bertz CT molecular complexity index is 172. The molecule has 0 nitrogen and oxygen atoms in total. The van der Waals surface area contributed by atoms with Crippen LogP contribution in [0.4, 0.5) is 0 Å². The molecule has 1 aromatic carbocycles. The van der Waals surface area contributed by atoms with Crippen molar-refractivity contribution in [3.8, 4) is 0 Å². The van der Waals surface area contributed by atoms with Gasteiger partial charge in [-0.15, -0.1) is 0 Å². The van der Waals surface area contributed by atoms with Crippen molar-refractivity contribution < 1.29 is 0 Å². The number of unbranched alkanes of at least 4 members (excludes halogenated alkanes) is 1. The Morgan fingerprint density at radius 1 is 1.08 bits per heavy atom. The molecule has 0 atom stereocenters. The molecule has 0 amide bonds. The van der Waals surface area contributed by atoms with Gasteiger partial charge in [0.15, 0.2) is 0 Å². The van der Waals surface area contributed by atoms with E-state index >= 15 is 0 Å². The molecule has 0 aliphatic heterocycles. The first kappa shape index (κ1) is 11.8. The van der Waals surface area contributed by atoms with Gasteiger partial charge in [-0.1, -0.05) is 43.7 Å². The summed E-state index contributed by atoms with van der Waals surface area (Å²) < 4.78 is 0. The smallest absolute Gasteiger partial charge is 0 e. The van der Waals surface area contributed by atoms with Gasteiger partial charge in [0.05, 0.1) is 0 Å². The van der Waals surface area contributed by atoms with Crippen molar-refractivity contribution in [1.29, 1.82) is 0 Å². The minimum absolute atomic E-state index is 1.23. The molecule has 12 heavy (non-hydrogen) atoms. The van der Waals surface area contributed by atoms with Gasteiger partial charge in [0.25, 0.3) is 0 Å². The summed E-state index contributed by atoms with van der Waals surface area (Å²) in [7, 11) is 8.22. The molecule has 0 aliphatic carbocycles. The maximum absolute atomic E-state index is 4.11. The van der Waals surface area contributed by atoms with Crippen LogP contribution in [0.1, 0.15) is 25.3 Å². The summed E-state index contributed by atoms with van der Waals surface area (Å²) in [6.45, 7) is 2.23. The third-order valence-electron chi connectivity index (χ3n) is 1.66. The fourth-order valence-electron chi connectivity index (χ4n) is 1.03. The molecule has 0 aliphatic rings. The third kappa shape index (κ3) is 5.45. The summed E-state index contributed by atoms with van der Waals surface area (Å²) in [6, 6.07) is 10.6. The van der Waals surface area contributed by atoms with Gasteiger partial charge in [-0.2, -0.15) is 0 Å². The number of halogens is 2. The second kappa shape index (κ2) is 8.89. The average molecular weight is 205 g/mol. The van der Waals surface area contributed by atoms with E-state index in [0.717, 1.165) is 0 Å². The van der Waals surface area contributed by atoms with Gasteiger partial charge in [0.1, 0.15) is 0 Å². The van der Waals surface area contributed by atoms with Crippen molar-refractivity contribution in [2.24, 2.45) is 0 Å². The van der Waals surface area contributed by atoms with E-state index in [1.54, 1.807) is 0 Å². The van der Waals surface area contributed by atoms with Crippen molar-refractivity contribution >= 4 is 21.7 Å². The predicted octanol–water partition coefficient (Wildman–Crippen LogP) is 4.41. The molecule has 0 heterocycles. The van der Waals surface area contributed by atoms with Crippen LogP contribution in [0.25, 0.3) is 0 Å². The van der Waals surface area contributed by atoms with Crippen LogP contribution in [0.2, 0.25) is 0 Å². The highest BCUT2D eigenvalue weighted by Gasteiger charge is 1.87. The van der Waals surface area contributed by atoms with Gasteiger partial charge >= 0.3 is 0 Å². The van der Waals surface area contributed by atoms with E-state index in [0.29, 0.717) is 0 Å². The summed E-state index contributed by atoms with van der Waals surface area (Å²) >= 11 is 0.